The minimum Gasteiger partial charge on any atom is -0.293 e. The van der Waals surface area contributed by atoms with Crippen LogP contribution >= 0.6 is 15.9 Å². The fourth-order valence-corrected chi connectivity index (χ4v) is 1.06. The maximum Gasteiger partial charge on any atom is 0.178 e. The van der Waals surface area contributed by atoms with Crippen molar-refractivity contribution in [2.75, 3.05) is 0 Å². The second kappa shape index (κ2) is 3.09. The summed E-state index contributed by atoms with van der Waals surface area (Å²) in [6, 6.07) is 2.31. The molecule has 1 aromatic rings. The predicted octanol–water partition coefficient (Wildman–Crippen LogP) is 2.19. The minimum atomic E-state index is -0.461. The van der Waals surface area contributed by atoms with Crippen LogP contribution in [0.4, 0.5) is 4.39 Å². The van der Waals surface area contributed by atoms with Crippen molar-refractivity contribution in [2.45, 2.75) is 6.92 Å². The molecule has 58 valence electrons. The van der Waals surface area contributed by atoms with E-state index in [0.717, 1.165) is 6.07 Å². The van der Waals surface area contributed by atoms with Gasteiger partial charge < -0.3 is 0 Å². The second-order valence-corrected chi connectivity index (χ2v) is 2.86. The number of Topliss-reactive ketones (excluding diaryl/α,β-unsaturated/α-hetero) is 1. The lowest BCUT2D eigenvalue weighted by Crippen LogP contribution is -1.97. The lowest BCUT2D eigenvalue weighted by atomic mass is 10.3. The molecule has 0 unspecified atom stereocenters. The molecule has 0 saturated carbocycles. The van der Waals surface area contributed by atoms with Crippen molar-refractivity contribution in [3.8, 4) is 0 Å². The summed E-state index contributed by atoms with van der Waals surface area (Å²) in [6.07, 6.45) is 0. The van der Waals surface area contributed by atoms with E-state index in [9.17, 15) is 9.18 Å². The normalized spacial score (nSPS) is 9.73. The summed E-state index contributed by atoms with van der Waals surface area (Å²) >= 11 is 2.98. The number of hydrogen-bond donors (Lipinski definition) is 0. The van der Waals surface area contributed by atoms with Crippen molar-refractivity contribution in [3.05, 3.63) is 28.2 Å². The van der Waals surface area contributed by atoms with Crippen molar-refractivity contribution < 1.29 is 9.18 Å². The fourth-order valence-electron chi connectivity index (χ4n) is 0.646. The first-order valence-electron chi connectivity index (χ1n) is 2.93. The Morgan fingerprint density at radius 2 is 2.27 bits per heavy atom. The Hall–Kier alpha value is -0.770. The first-order valence-corrected chi connectivity index (χ1v) is 3.73. The molecule has 11 heavy (non-hydrogen) atoms. The molecule has 0 atom stereocenters. The molecular formula is C7H5BrFNO. The highest BCUT2D eigenvalue weighted by Gasteiger charge is 2.03. The fraction of sp³-hybridized carbons (Fsp3) is 0.143. The van der Waals surface area contributed by atoms with Crippen LogP contribution in [0.5, 0.6) is 0 Å². The van der Waals surface area contributed by atoms with Crippen LogP contribution in [0.25, 0.3) is 0 Å². The van der Waals surface area contributed by atoms with Gasteiger partial charge in [0.15, 0.2) is 5.78 Å². The van der Waals surface area contributed by atoms with Gasteiger partial charge in [-0.2, -0.15) is 0 Å². The number of nitrogens with zero attached hydrogens (tertiary/aromatic N) is 1. The van der Waals surface area contributed by atoms with E-state index in [0.29, 0.717) is 4.60 Å². The molecule has 1 heterocycles. The topological polar surface area (TPSA) is 30.0 Å². The molecule has 0 aliphatic heterocycles. The van der Waals surface area contributed by atoms with Crippen molar-refractivity contribution in [1.29, 1.82) is 0 Å². The molecule has 0 bridgehead atoms. The van der Waals surface area contributed by atoms with Crippen LogP contribution in [0.2, 0.25) is 0 Å². The lowest BCUT2D eigenvalue weighted by Gasteiger charge is -1.95. The number of carbonyl (C=O) groups is 1. The molecule has 0 spiro atoms. The van der Waals surface area contributed by atoms with Gasteiger partial charge in [-0.15, -0.1) is 0 Å². The largest absolute Gasteiger partial charge is 0.293 e. The average molecular weight is 218 g/mol. The Morgan fingerprint density at radius 1 is 1.64 bits per heavy atom. The minimum absolute atomic E-state index is 0.136. The molecule has 4 heteroatoms. The molecule has 2 nitrogen and oxygen atoms in total. The van der Waals surface area contributed by atoms with Crippen molar-refractivity contribution in [1.82, 2.24) is 4.98 Å². The molecule has 0 aliphatic carbocycles. The zero-order valence-electron chi connectivity index (χ0n) is 5.77. The molecule has 0 aliphatic rings. The van der Waals surface area contributed by atoms with Gasteiger partial charge in [-0.3, -0.25) is 4.79 Å². The van der Waals surface area contributed by atoms with Crippen LogP contribution in [-0.4, -0.2) is 10.8 Å². The molecule has 1 aromatic heterocycles. The Bertz CT molecular complexity index is 280. The predicted molar refractivity (Wildman–Crippen MR) is 41.9 cm³/mol. The van der Waals surface area contributed by atoms with Gasteiger partial charge in [-0.05, 0) is 15.9 Å². The van der Waals surface area contributed by atoms with E-state index < -0.39 is 5.82 Å². The van der Waals surface area contributed by atoms with E-state index in [1.165, 1.54) is 13.0 Å². The average Bonchev–Trinajstić information content (AvgIpc) is 1.85. The Kier molecular flexibility index (Phi) is 2.34. The summed E-state index contributed by atoms with van der Waals surface area (Å²) in [6.45, 7) is 1.34. The smallest absolute Gasteiger partial charge is 0.178 e. The van der Waals surface area contributed by atoms with Crippen LogP contribution in [0, 0.1) is 5.82 Å². The quantitative estimate of drug-likeness (QED) is 0.534. The molecule has 0 aromatic carbocycles. The summed E-state index contributed by atoms with van der Waals surface area (Å²) in [5.74, 6) is -0.706. The Labute approximate surface area is 71.6 Å². The maximum atomic E-state index is 12.6. The highest BCUT2D eigenvalue weighted by Crippen LogP contribution is 2.10. The third kappa shape index (κ3) is 2.08. The van der Waals surface area contributed by atoms with Gasteiger partial charge in [0.05, 0.1) is 0 Å². The first kappa shape index (κ1) is 8.33. The first-order chi connectivity index (χ1) is 5.09. The second-order valence-electron chi connectivity index (χ2n) is 2.05. The summed E-state index contributed by atoms with van der Waals surface area (Å²) in [5, 5.41) is 0. The van der Waals surface area contributed by atoms with Gasteiger partial charge >= 0.3 is 0 Å². The van der Waals surface area contributed by atoms with E-state index in [4.69, 9.17) is 0 Å². The Balaban J connectivity index is 3.19. The standard InChI is InChI=1S/C7H5BrFNO/c1-4(11)6-2-5(9)3-7(8)10-6/h2-3H,1H3. The molecule has 1 rings (SSSR count). The van der Waals surface area contributed by atoms with Crippen molar-refractivity contribution in [2.24, 2.45) is 0 Å². The number of aromatic nitrogens is 1. The van der Waals surface area contributed by atoms with Gasteiger partial charge in [-0.1, -0.05) is 0 Å². The van der Waals surface area contributed by atoms with Gasteiger partial charge in [0, 0.05) is 19.1 Å². The maximum absolute atomic E-state index is 12.6. The van der Waals surface area contributed by atoms with Crippen molar-refractivity contribution >= 4 is 21.7 Å². The van der Waals surface area contributed by atoms with E-state index in [-0.39, 0.29) is 11.5 Å². The zero-order valence-corrected chi connectivity index (χ0v) is 7.35. The number of rotatable bonds is 1. The van der Waals surface area contributed by atoms with E-state index >= 15 is 0 Å². The number of hydrogen-bond acceptors (Lipinski definition) is 2. The highest BCUT2D eigenvalue weighted by molar-refractivity contribution is 9.10. The number of halogens is 2. The monoisotopic (exact) mass is 217 g/mol. The van der Waals surface area contributed by atoms with E-state index in [1.54, 1.807) is 0 Å². The lowest BCUT2D eigenvalue weighted by molar-refractivity contribution is 0.101. The third-order valence-electron chi connectivity index (χ3n) is 1.12. The molecule has 0 N–H and O–H groups in total. The summed E-state index contributed by atoms with van der Waals surface area (Å²) < 4.78 is 12.9. The zero-order chi connectivity index (χ0) is 8.43. The number of ketones is 1. The van der Waals surface area contributed by atoms with Crippen LogP contribution in [0.3, 0.4) is 0 Å². The van der Waals surface area contributed by atoms with Crippen LogP contribution in [0.1, 0.15) is 17.4 Å². The molecule has 0 saturated heterocycles. The SMILES string of the molecule is CC(=O)c1cc(F)cc(Br)n1. The van der Waals surface area contributed by atoms with Gasteiger partial charge in [0.1, 0.15) is 16.1 Å². The highest BCUT2D eigenvalue weighted by atomic mass is 79.9. The van der Waals surface area contributed by atoms with E-state index in [2.05, 4.69) is 20.9 Å². The third-order valence-corrected chi connectivity index (χ3v) is 1.53. The summed E-state index contributed by atoms with van der Waals surface area (Å²) in [4.78, 5) is 14.5. The van der Waals surface area contributed by atoms with Crippen LogP contribution < -0.4 is 0 Å². The summed E-state index contributed by atoms with van der Waals surface area (Å²) in [5.41, 5.74) is 0.136. The number of carbonyl (C=O) groups excluding carboxylic acids is 1. The van der Waals surface area contributed by atoms with Gasteiger partial charge in [-0.25, -0.2) is 9.37 Å². The van der Waals surface area contributed by atoms with Crippen molar-refractivity contribution in [3.63, 3.8) is 0 Å². The molecular weight excluding hydrogens is 213 g/mol. The number of pyridine rings is 1. The van der Waals surface area contributed by atoms with Gasteiger partial charge in [0.25, 0.3) is 0 Å². The Morgan fingerprint density at radius 3 is 2.73 bits per heavy atom. The van der Waals surface area contributed by atoms with E-state index in [1.807, 2.05) is 0 Å². The molecule has 0 amide bonds. The van der Waals surface area contributed by atoms with Crippen LogP contribution in [-0.2, 0) is 0 Å². The summed E-state index contributed by atoms with van der Waals surface area (Å²) in [7, 11) is 0. The molecule has 0 fully saturated rings. The van der Waals surface area contributed by atoms with Gasteiger partial charge in [0.2, 0.25) is 0 Å². The molecule has 0 radical (unpaired) electrons. The van der Waals surface area contributed by atoms with Crippen LogP contribution in [0.15, 0.2) is 16.7 Å².